The lowest BCUT2D eigenvalue weighted by atomic mass is 9.91. The van der Waals surface area contributed by atoms with Gasteiger partial charge in [0.25, 0.3) is 5.91 Å². The summed E-state index contributed by atoms with van der Waals surface area (Å²) in [6.45, 7) is 13.3. The quantitative estimate of drug-likeness (QED) is 0.121. The van der Waals surface area contributed by atoms with Crippen LogP contribution in [0, 0.1) is 17.8 Å². The number of aromatic nitrogens is 1. The number of carboxylic acids is 1. The highest BCUT2D eigenvalue weighted by molar-refractivity contribution is 7.09. The van der Waals surface area contributed by atoms with Crippen molar-refractivity contribution in [3.63, 3.8) is 0 Å². The van der Waals surface area contributed by atoms with Crippen LogP contribution in [0.3, 0.4) is 0 Å². The van der Waals surface area contributed by atoms with Crippen LogP contribution in [0.2, 0.25) is 0 Å². The zero-order valence-electron chi connectivity index (χ0n) is 34.2. The minimum atomic E-state index is -0.999. The van der Waals surface area contributed by atoms with Gasteiger partial charge in [-0.05, 0) is 75.7 Å². The van der Waals surface area contributed by atoms with Crippen LogP contribution in [0.15, 0.2) is 29.6 Å². The normalized spacial score (nSPS) is 18.9. The predicted molar refractivity (Wildman–Crippen MR) is 215 cm³/mol. The second-order valence-electron chi connectivity index (χ2n) is 15.6. The fourth-order valence-electron chi connectivity index (χ4n) is 6.98. The van der Waals surface area contributed by atoms with Crippen molar-refractivity contribution in [3.8, 4) is 0 Å². The number of nitrogens with one attached hydrogen (secondary N) is 3. The smallest absolute Gasteiger partial charge is 0.306 e. The molecule has 2 heterocycles. The minimum absolute atomic E-state index is 0.0745. The van der Waals surface area contributed by atoms with E-state index >= 15 is 0 Å². The average molecular weight is 800 g/mol. The van der Waals surface area contributed by atoms with Crippen molar-refractivity contribution < 1.29 is 38.6 Å². The van der Waals surface area contributed by atoms with Gasteiger partial charge >= 0.3 is 11.9 Å². The summed E-state index contributed by atoms with van der Waals surface area (Å²) < 4.78 is 5.77. The third-order valence-corrected chi connectivity index (χ3v) is 11.9. The molecule has 2 aromatic rings. The topological polar surface area (TPSA) is 213 Å². The molecule has 1 aromatic heterocycles. The van der Waals surface area contributed by atoms with Crippen LogP contribution in [-0.2, 0) is 35.1 Å². The highest BCUT2D eigenvalue weighted by atomic mass is 32.1. The van der Waals surface area contributed by atoms with Crippen molar-refractivity contribution in [1.82, 2.24) is 25.4 Å². The van der Waals surface area contributed by atoms with Crippen LogP contribution in [0.25, 0.3) is 0 Å². The van der Waals surface area contributed by atoms with E-state index in [-0.39, 0.29) is 54.6 Å². The van der Waals surface area contributed by atoms with Gasteiger partial charge < -0.3 is 36.4 Å². The summed E-state index contributed by atoms with van der Waals surface area (Å²) in [5.74, 6) is -3.82. The summed E-state index contributed by atoms with van der Waals surface area (Å²) >= 11 is 1.15. The van der Waals surface area contributed by atoms with E-state index in [4.69, 9.17) is 10.5 Å². The Bertz CT molecular complexity index is 1680. The summed E-state index contributed by atoms with van der Waals surface area (Å²) in [5, 5.41) is 20.2. The molecule has 7 atom stereocenters. The van der Waals surface area contributed by atoms with E-state index in [1.807, 2.05) is 46.6 Å². The largest absolute Gasteiger partial charge is 0.481 e. The summed E-state index contributed by atoms with van der Waals surface area (Å²) in [7, 11) is 3.62. The zero-order valence-corrected chi connectivity index (χ0v) is 35.0. The Hall–Kier alpha value is -4.41. The highest BCUT2D eigenvalue weighted by Gasteiger charge is 2.44. The monoisotopic (exact) mass is 799 g/mol. The van der Waals surface area contributed by atoms with Crippen LogP contribution in [0.4, 0.5) is 5.69 Å². The molecule has 1 saturated heterocycles. The van der Waals surface area contributed by atoms with Crippen molar-refractivity contribution in [1.29, 1.82) is 0 Å². The zero-order chi connectivity index (χ0) is 41.9. The van der Waals surface area contributed by atoms with Crippen LogP contribution < -0.4 is 21.7 Å². The molecule has 310 valence electrons. The molecule has 0 radical (unpaired) electrons. The number of nitrogens with zero attached hydrogens (tertiary/aromatic N) is 3. The predicted octanol–water partition coefficient (Wildman–Crippen LogP) is 3.98. The van der Waals surface area contributed by atoms with Gasteiger partial charge in [-0.3, -0.25) is 33.7 Å². The molecule has 16 heteroatoms. The van der Waals surface area contributed by atoms with Gasteiger partial charge in [0.15, 0.2) is 6.10 Å². The van der Waals surface area contributed by atoms with Gasteiger partial charge in [-0.1, -0.05) is 53.2 Å². The second-order valence-corrected chi connectivity index (χ2v) is 16.5. The summed E-state index contributed by atoms with van der Waals surface area (Å²) in [4.78, 5) is 85.5. The molecule has 56 heavy (non-hydrogen) atoms. The Morgan fingerprint density at radius 3 is 2.27 bits per heavy atom. The number of nitrogens with two attached hydrogens (primary N) is 1. The molecule has 3 rings (SSSR count). The third kappa shape index (κ3) is 12.3. The number of anilines is 1. The SMILES string of the molecule is CCC(C)C(NC(=O)[C@@]1(C)CCCN1C)C(=O)N(C)C(CC(OC(C)=O)c1nc(C(=O)NC(Cc2ccc(NC(=O)CN)cc2)CC(C)C(=O)O)cs1)C(C)C. The number of aliphatic carboxylic acids is 1. The number of esters is 1. The van der Waals surface area contributed by atoms with Crippen LogP contribution >= 0.6 is 11.3 Å². The van der Waals surface area contributed by atoms with E-state index < -0.39 is 53.5 Å². The number of hydrogen-bond acceptors (Lipinski definition) is 11. The van der Waals surface area contributed by atoms with Crippen molar-refractivity contribution in [2.24, 2.45) is 23.5 Å². The third-order valence-electron chi connectivity index (χ3n) is 11.0. The summed E-state index contributed by atoms with van der Waals surface area (Å²) in [6, 6.07) is 5.19. The fourth-order valence-corrected chi connectivity index (χ4v) is 7.82. The van der Waals surface area contributed by atoms with Gasteiger partial charge in [0.2, 0.25) is 17.7 Å². The first-order valence-corrected chi connectivity index (χ1v) is 20.2. The van der Waals surface area contributed by atoms with E-state index in [2.05, 4.69) is 20.9 Å². The molecule has 0 spiro atoms. The van der Waals surface area contributed by atoms with Crippen LogP contribution in [0.5, 0.6) is 0 Å². The Balaban J connectivity index is 1.82. The van der Waals surface area contributed by atoms with E-state index in [1.54, 1.807) is 48.5 Å². The maximum Gasteiger partial charge on any atom is 0.306 e. The molecular weight excluding hydrogens is 739 g/mol. The van der Waals surface area contributed by atoms with Gasteiger partial charge in [0.1, 0.15) is 16.7 Å². The molecule has 1 aliphatic heterocycles. The number of carbonyl (C=O) groups excluding carboxylic acids is 5. The maximum atomic E-state index is 14.2. The standard InChI is InChI=1S/C40H61N7O8S/c1-10-24(4)34(45-39(54)40(7)16-11-17-46(40)8)37(51)47(9)31(23(2)3)20-32(55-26(6)48)36-44-30(22-56-36)35(50)43-29(18-25(5)38(52)53)19-27-12-14-28(15-13-27)42-33(49)21-41/h12-15,22-25,29,31-32,34H,10-11,16-21,41H2,1-9H3,(H,42,49)(H,43,50)(H,45,54)(H,52,53)/t24?,25?,29?,31?,32?,34?,40-/m1/s1. The van der Waals surface area contributed by atoms with Crippen molar-refractivity contribution >= 4 is 52.6 Å². The number of amides is 4. The lowest BCUT2D eigenvalue weighted by Gasteiger charge is -2.38. The lowest BCUT2D eigenvalue weighted by molar-refractivity contribution is -0.149. The second kappa shape index (κ2) is 20.7. The van der Waals surface area contributed by atoms with Crippen LogP contribution in [0.1, 0.15) is 108 Å². The number of carboxylic acid groups (broad SMARTS) is 1. The van der Waals surface area contributed by atoms with E-state index in [1.165, 1.54) is 6.92 Å². The van der Waals surface area contributed by atoms with Gasteiger partial charge in [-0.15, -0.1) is 11.3 Å². The number of thiazole rings is 1. The average Bonchev–Trinajstić information content (AvgIpc) is 3.78. The first-order valence-electron chi connectivity index (χ1n) is 19.3. The Kier molecular flexibility index (Phi) is 17.0. The first kappa shape index (κ1) is 46.0. The molecule has 6 unspecified atom stereocenters. The number of ether oxygens (including phenoxy) is 1. The molecule has 15 nitrogen and oxygen atoms in total. The van der Waals surface area contributed by atoms with Crippen molar-refractivity contribution in [2.75, 3.05) is 32.5 Å². The summed E-state index contributed by atoms with van der Waals surface area (Å²) in [5.41, 5.74) is 6.11. The number of carbonyl (C=O) groups is 6. The summed E-state index contributed by atoms with van der Waals surface area (Å²) in [6.07, 6.45) is 2.03. The van der Waals surface area contributed by atoms with E-state index in [0.717, 1.165) is 29.9 Å². The minimum Gasteiger partial charge on any atom is -0.481 e. The van der Waals surface area contributed by atoms with Crippen molar-refractivity contribution in [2.45, 2.75) is 117 Å². The molecule has 0 bridgehead atoms. The number of hydrogen-bond donors (Lipinski definition) is 5. The Labute approximate surface area is 334 Å². The lowest BCUT2D eigenvalue weighted by Crippen LogP contribution is -2.60. The van der Waals surface area contributed by atoms with E-state index in [9.17, 15) is 33.9 Å². The number of rotatable bonds is 20. The van der Waals surface area contributed by atoms with Gasteiger partial charge in [-0.2, -0.15) is 0 Å². The molecular formula is C40H61N7O8S. The molecule has 1 aromatic carbocycles. The van der Waals surface area contributed by atoms with E-state index in [0.29, 0.717) is 30.0 Å². The number of benzene rings is 1. The molecule has 4 amide bonds. The maximum absolute atomic E-state index is 14.2. The van der Waals surface area contributed by atoms with Crippen LogP contribution in [-0.4, -0.2) is 106 Å². The molecule has 0 saturated carbocycles. The molecule has 6 N–H and O–H groups in total. The van der Waals surface area contributed by atoms with Gasteiger partial charge in [-0.25, -0.2) is 4.98 Å². The molecule has 0 aliphatic carbocycles. The number of likely N-dealkylation sites (N-methyl/N-ethyl adjacent to an activating group) is 2. The fraction of sp³-hybridized carbons (Fsp3) is 0.625. The van der Waals surface area contributed by atoms with Gasteiger partial charge in [0, 0.05) is 43.5 Å². The first-order chi connectivity index (χ1) is 26.3. The highest BCUT2D eigenvalue weighted by Crippen LogP contribution is 2.32. The van der Waals surface area contributed by atoms with Gasteiger partial charge in [0.05, 0.1) is 18.0 Å². The van der Waals surface area contributed by atoms with Crippen molar-refractivity contribution in [3.05, 3.63) is 45.9 Å². The Morgan fingerprint density at radius 2 is 1.73 bits per heavy atom. The molecule has 1 fully saturated rings. The number of likely N-dealkylation sites (tertiary alicyclic amines) is 1. The Morgan fingerprint density at radius 1 is 1.07 bits per heavy atom. The molecule has 1 aliphatic rings.